The first-order valence-electron chi connectivity index (χ1n) is 6.38. The van der Waals surface area contributed by atoms with Crippen LogP contribution < -0.4 is 0 Å². The first-order valence-corrected chi connectivity index (χ1v) is 6.38. The van der Waals surface area contributed by atoms with Gasteiger partial charge in [-0.3, -0.25) is 0 Å². The maximum Gasteiger partial charge on any atom is 0.0578 e. The van der Waals surface area contributed by atoms with Gasteiger partial charge in [-0.1, -0.05) is 45.9 Å². The van der Waals surface area contributed by atoms with Crippen molar-refractivity contribution in [2.45, 2.75) is 59.0 Å². The molecule has 1 nitrogen and oxygen atoms in total. The van der Waals surface area contributed by atoms with Crippen molar-refractivity contribution in [1.29, 1.82) is 0 Å². The van der Waals surface area contributed by atoms with Crippen LogP contribution in [0.15, 0.2) is 18.2 Å². The number of rotatable bonds is 5. The maximum atomic E-state index is 9.84. The molecule has 16 heavy (non-hydrogen) atoms. The molecule has 1 aromatic carbocycles. The molecule has 1 aromatic rings. The summed E-state index contributed by atoms with van der Waals surface area (Å²) in [6, 6.07) is 6.52. The van der Waals surface area contributed by atoms with Gasteiger partial charge in [0.2, 0.25) is 0 Å². The van der Waals surface area contributed by atoms with Crippen LogP contribution in [-0.2, 0) is 12.8 Å². The van der Waals surface area contributed by atoms with E-state index in [0.717, 1.165) is 19.3 Å². The van der Waals surface area contributed by atoms with Gasteiger partial charge < -0.3 is 5.11 Å². The highest BCUT2D eigenvalue weighted by atomic mass is 16.3. The minimum absolute atomic E-state index is 0.204. The summed E-state index contributed by atoms with van der Waals surface area (Å²) in [5, 5.41) is 9.84. The molecule has 0 saturated heterocycles. The van der Waals surface area contributed by atoms with Gasteiger partial charge in [0.1, 0.15) is 0 Å². The SMILES string of the molecule is CCc1cccc(C(C)C)c1CC(O)CC. The number of aliphatic hydroxyl groups is 1. The zero-order valence-corrected chi connectivity index (χ0v) is 11.0. The van der Waals surface area contributed by atoms with E-state index >= 15 is 0 Å². The number of hydrogen-bond acceptors (Lipinski definition) is 1. The van der Waals surface area contributed by atoms with Crippen LogP contribution in [0.3, 0.4) is 0 Å². The second kappa shape index (κ2) is 6.05. The Bertz CT molecular complexity index is 328. The van der Waals surface area contributed by atoms with Gasteiger partial charge in [-0.05, 0) is 41.9 Å². The van der Waals surface area contributed by atoms with E-state index in [-0.39, 0.29) is 6.10 Å². The molecule has 1 atom stereocenters. The number of aryl methyl sites for hydroxylation is 1. The van der Waals surface area contributed by atoms with Crippen LogP contribution in [-0.4, -0.2) is 11.2 Å². The third-order valence-corrected chi connectivity index (χ3v) is 3.22. The molecule has 0 aliphatic heterocycles. The van der Waals surface area contributed by atoms with Crippen LogP contribution in [0.1, 0.15) is 56.7 Å². The molecule has 0 aliphatic rings. The summed E-state index contributed by atoms with van der Waals surface area (Å²) < 4.78 is 0. The Morgan fingerprint density at radius 3 is 2.38 bits per heavy atom. The molecule has 0 saturated carbocycles. The predicted octanol–water partition coefficient (Wildman–Crippen LogP) is 3.69. The summed E-state index contributed by atoms with van der Waals surface area (Å²) in [6.45, 7) is 8.66. The van der Waals surface area contributed by atoms with E-state index < -0.39 is 0 Å². The van der Waals surface area contributed by atoms with Crippen molar-refractivity contribution in [1.82, 2.24) is 0 Å². The molecule has 0 amide bonds. The Balaban J connectivity index is 3.09. The zero-order chi connectivity index (χ0) is 12.1. The Hall–Kier alpha value is -0.820. The van der Waals surface area contributed by atoms with Gasteiger partial charge in [0, 0.05) is 0 Å². The fourth-order valence-electron chi connectivity index (χ4n) is 2.16. The fraction of sp³-hybridized carbons (Fsp3) is 0.600. The number of aliphatic hydroxyl groups excluding tert-OH is 1. The van der Waals surface area contributed by atoms with E-state index in [9.17, 15) is 5.11 Å². The quantitative estimate of drug-likeness (QED) is 0.802. The van der Waals surface area contributed by atoms with Crippen LogP contribution >= 0.6 is 0 Å². The molecule has 0 spiro atoms. The summed E-state index contributed by atoms with van der Waals surface area (Å²) in [5.74, 6) is 0.533. The van der Waals surface area contributed by atoms with E-state index in [0.29, 0.717) is 5.92 Å². The van der Waals surface area contributed by atoms with Crippen molar-refractivity contribution in [3.05, 3.63) is 34.9 Å². The van der Waals surface area contributed by atoms with Gasteiger partial charge >= 0.3 is 0 Å². The van der Waals surface area contributed by atoms with E-state index in [1.54, 1.807) is 0 Å². The van der Waals surface area contributed by atoms with Crippen LogP contribution in [0.25, 0.3) is 0 Å². The molecule has 0 aromatic heterocycles. The second-order valence-corrected chi connectivity index (χ2v) is 4.76. The Kier molecular flexibility index (Phi) is 5.01. The van der Waals surface area contributed by atoms with Crippen molar-refractivity contribution in [3.8, 4) is 0 Å². The summed E-state index contributed by atoms with van der Waals surface area (Å²) in [5.41, 5.74) is 4.15. The molecule has 1 unspecified atom stereocenters. The Morgan fingerprint density at radius 2 is 1.88 bits per heavy atom. The van der Waals surface area contributed by atoms with E-state index in [4.69, 9.17) is 0 Å². The second-order valence-electron chi connectivity index (χ2n) is 4.76. The molecular formula is C15H24O. The van der Waals surface area contributed by atoms with Gasteiger partial charge in [-0.25, -0.2) is 0 Å². The lowest BCUT2D eigenvalue weighted by molar-refractivity contribution is 0.170. The van der Waals surface area contributed by atoms with Crippen molar-refractivity contribution >= 4 is 0 Å². The van der Waals surface area contributed by atoms with E-state index in [2.05, 4.69) is 39.0 Å². The van der Waals surface area contributed by atoms with Crippen molar-refractivity contribution < 1.29 is 5.11 Å². The zero-order valence-electron chi connectivity index (χ0n) is 11.0. The van der Waals surface area contributed by atoms with Crippen LogP contribution in [0.4, 0.5) is 0 Å². The first kappa shape index (κ1) is 13.2. The lowest BCUT2D eigenvalue weighted by Gasteiger charge is -2.18. The molecule has 1 rings (SSSR count). The lowest BCUT2D eigenvalue weighted by atomic mass is 9.89. The molecule has 90 valence electrons. The topological polar surface area (TPSA) is 20.2 Å². The molecule has 1 N–H and O–H groups in total. The standard InChI is InChI=1S/C15H24O/c1-5-12-8-7-9-14(11(3)4)15(12)10-13(16)6-2/h7-9,11,13,16H,5-6,10H2,1-4H3. The summed E-state index contributed by atoms with van der Waals surface area (Å²) in [6.07, 6.45) is 2.47. The normalized spacial score (nSPS) is 13.1. The summed E-state index contributed by atoms with van der Waals surface area (Å²) in [4.78, 5) is 0. The number of hydrogen-bond donors (Lipinski definition) is 1. The highest BCUT2D eigenvalue weighted by Gasteiger charge is 2.13. The van der Waals surface area contributed by atoms with Crippen LogP contribution in [0.2, 0.25) is 0 Å². The molecule has 0 bridgehead atoms. The Morgan fingerprint density at radius 1 is 1.19 bits per heavy atom. The Labute approximate surface area is 99.5 Å². The van der Waals surface area contributed by atoms with E-state index in [1.807, 2.05) is 6.92 Å². The lowest BCUT2D eigenvalue weighted by Crippen LogP contribution is -2.13. The largest absolute Gasteiger partial charge is 0.393 e. The average molecular weight is 220 g/mol. The monoisotopic (exact) mass is 220 g/mol. The van der Waals surface area contributed by atoms with Crippen molar-refractivity contribution in [3.63, 3.8) is 0 Å². The van der Waals surface area contributed by atoms with Gasteiger partial charge in [0.25, 0.3) is 0 Å². The molecule has 0 radical (unpaired) electrons. The minimum Gasteiger partial charge on any atom is -0.393 e. The van der Waals surface area contributed by atoms with Crippen molar-refractivity contribution in [2.24, 2.45) is 0 Å². The molecular weight excluding hydrogens is 196 g/mol. The predicted molar refractivity (Wildman–Crippen MR) is 69.9 cm³/mol. The van der Waals surface area contributed by atoms with E-state index in [1.165, 1.54) is 16.7 Å². The fourth-order valence-corrected chi connectivity index (χ4v) is 2.16. The minimum atomic E-state index is -0.204. The summed E-state index contributed by atoms with van der Waals surface area (Å²) in [7, 11) is 0. The third-order valence-electron chi connectivity index (χ3n) is 3.22. The third kappa shape index (κ3) is 3.08. The highest BCUT2D eigenvalue weighted by molar-refractivity contribution is 5.37. The average Bonchev–Trinajstić information content (AvgIpc) is 2.28. The molecule has 1 heteroatoms. The number of benzene rings is 1. The first-order chi connectivity index (χ1) is 7.60. The van der Waals surface area contributed by atoms with Crippen molar-refractivity contribution in [2.75, 3.05) is 0 Å². The van der Waals surface area contributed by atoms with Gasteiger partial charge in [-0.15, -0.1) is 0 Å². The van der Waals surface area contributed by atoms with Crippen LogP contribution in [0.5, 0.6) is 0 Å². The highest BCUT2D eigenvalue weighted by Crippen LogP contribution is 2.25. The van der Waals surface area contributed by atoms with Gasteiger partial charge in [-0.2, -0.15) is 0 Å². The summed E-state index contributed by atoms with van der Waals surface area (Å²) >= 11 is 0. The molecule has 0 fully saturated rings. The van der Waals surface area contributed by atoms with Gasteiger partial charge in [0.05, 0.1) is 6.10 Å². The molecule has 0 aliphatic carbocycles. The molecule has 0 heterocycles. The maximum absolute atomic E-state index is 9.84. The smallest absolute Gasteiger partial charge is 0.0578 e. The van der Waals surface area contributed by atoms with Crippen LogP contribution in [0, 0.1) is 0 Å². The van der Waals surface area contributed by atoms with Gasteiger partial charge in [0.15, 0.2) is 0 Å².